The second kappa shape index (κ2) is 6.91. The highest BCUT2D eigenvalue weighted by Crippen LogP contribution is 2.48. The van der Waals surface area contributed by atoms with Crippen LogP contribution in [0.4, 0.5) is 9.93 Å². The highest BCUT2D eigenvalue weighted by atomic mass is 32.1. The summed E-state index contributed by atoms with van der Waals surface area (Å²) in [6.07, 6.45) is 6.60. The summed E-state index contributed by atoms with van der Waals surface area (Å²) in [5.41, 5.74) is 0. The molecule has 4 unspecified atom stereocenters. The quantitative estimate of drug-likeness (QED) is 0.750. The summed E-state index contributed by atoms with van der Waals surface area (Å²) in [7, 11) is 0. The molecule has 2 saturated carbocycles. The lowest BCUT2D eigenvalue weighted by Crippen LogP contribution is -2.46. The SMILES string of the molecule is CCCCc1nnc(NC(=O)NC2C3CCC(C3)C2CO)s1. The van der Waals surface area contributed by atoms with E-state index in [0.717, 1.165) is 37.1 Å². The number of carbonyl (C=O) groups excluding carboxylic acids is 1. The largest absolute Gasteiger partial charge is 0.396 e. The van der Waals surface area contributed by atoms with Crippen LogP contribution in [-0.4, -0.2) is 34.0 Å². The molecular formula is C15H24N4O2S. The molecule has 1 aromatic heterocycles. The molecule has 3 rings (SSSR count). The third-order valence-electron chi connectivity index (χ3n) is 5.03. The number of rotatable bonds is 6. The number of amides is 2. The first-order valence-corrected chi connectivity index (χ1v) is 9.03. The minimum atomic E-state index is -0.228. The molecule has 2 amide bonds. The van der Waals surface area contributed by atoms with Gasteiger partial charge in [-0.3, -0.25) is 5.32 Å². The summed E-state index contributed by atoms with van der Waals surface area (Å²) in [6, 6.07) is -0.134. The molecule has 2 aliphatic rings. The van der Waals surface area contributed by atoms with Crippen molar-refractivity contribution in [3.05, 3.63) is 5.01 Å². The lowest BCUT2D eigenvalue weighted by molar-refractivity contribution is 0.146. The van der Waals surface area contributed by atoms with Crippen LogP contribution in [0.1, 0.15) is 44.0 Å². The number of nitrogens with one attached hydrogen (secondary N) is 2. The van der Waals surface area contributed by atoms with Gasteiger partial charge in [0.25, 0.3) is 0 Å². The lowest BCUT2D eigenvalue weighted by Gasteiger charge is -2.30. The molecule has 4 atom stereocenters. The van der Waals surface area contributed by atoms with Crippen molar-refractivity contribution in [2.45, 2.75) is 51.5 Å². The van der Waals surface area contributed by atoms with Crippen LogP contribution in [0.15, 0.2) is 0 Å². The van der Waals surface area contributed by atoms with Crippen molar-refractivity contribution in [1.82, 2.24) is 15.5 Å². The van der Waals surface area contributed by atoms with Crippen LogP contribution in [0.5, 0.6) is 0 Å². The van der Waals surface area contributed by atoms with Crippen LogP contribution in [0.25, 0.3) is 0 Å². The third-order valence-corrected chi connectivity index (χ3v) is 5.93. The van der Waals surface area contributed by atoms with E-state index in [1.54, 1.807) is 0 Å². The van der Waals surface area contributed by atoms with E-state index in [0.29, 0.717) is 17.0 Å². The number of hydrogen-bond acceptors (Lipinski definition) is 5. The molecule has 3 N–H and O–H groups in total. The van der Waals surface area contributed by atoms with Crippen LogP contribution >= 0.6 is 11.3 Å². The molecule has 6 nitrogen and oxygen atoms in total. The number of unbranched alkanes of at least 4 members (excludes halogenated alkanes) is 1. The Morgan fingerprint density at radius 2 is 2.18 bits per heavy atom. The van der Waals surface area contributed by atoms with Gasteiger partial charge in [-0.15, -0.1) is 10.2 Å². The molecule has 7 heteroatoms. The second-order valence-electron chi connectivity index (χ2n) is 6.41. The van der Waals surface area contributed by atoms with Crippen molar-refractivity contribution < 1.29 is 9.90 Å². The molecule has 122 valence electrons. The third kappa shape index (κ3) is 3.25. The summed E-state index contributed by atoms with van der Waals surface area (Å²) in [4.78, 5) is 12.2. The number of hydrogen-bond donors (Lipinski definition) is 3. The van der Waals surface area contributed by atoms with Gasteiger partial charge in [0.05, 0.1) is 0 Å². The number of aliphatic hydroxyl groups excluding tert-OH is 1. The van der Waals surface area contributed by atoms with Crippen molar-refractivity contribution in [2.75, 3.05) is 11.9 Å². The van der Waals surface area contributed by atoms with E-state index in [9.17, 15) is 9.90 Å². The molecule has 1 heterocycles. The first-order chi connectivity index (χ1) is 10.7. The average molecular weight is 324 g/mol. The predicted octanol–water partition coefficient (Wildman–Crippen LogP) is 2.41. The summed E-state index contributed by atoms with van der Waals surface area (Å²) < 4.78 is 0. The normalized spacial score (nSPS) is 29.7. The monoisotopic (exact) mass is 324 g/mol. The maximum absolute atomic E-state index is 12.2. The zero-order chi connectivity index (χ0) is 15.5. The molecule has 2 bridgehead atoms. The molecule has 1 aromatic rings. The fourth-order valence-electron chi connectivity index (χ4n) is 3.92. The predicted molar refractivity (Wildman–Crippen MR) is 85.9 cm³/mol. The number of fused-ring (bicyclic) bond motifs is 2. The maximum Gasteiger partial charge on any atom is 0.321 e. The van der Waals surface area contributed by atoms with E-state index >= 15 is 0 Å². The Morgan fingerprint density at radius 3 is 2.95 bits per heavy atom. The van der Waals surface area contributed by atoms with Crippen molar-refractivity contribution in [2.24, 2.45) is 17.8 Å². The first kappa shape index (κ1) is 15.7. The van der Waals surface area contributed by atoms with Crippen LogP contribution in [0, 0.1) is 17.8 Å². The minimum Gasteiger partial charge on any atom is -0.396 e. The van der Waals surface area contributed by atoms with Gasteiger partial charge in [-0.05, 0) is 37.5 Å². The van der Waals surface area contributed by atoms with Crippen LogP contribution in [0.2, 0.25) is 0 Å². The number of anilines is 1. The van der Waals surface area contributed by atoms with Gasteiger partial charge in [0.2, 0.25) is 5.13 Å². The van der Waals surface area contributed by atoms with Crippen molar-refractivity contribution in [3.63, 3.8) is 0 Å². The van der Waals surface area contributed by atoms with Crippen LogP contribution in [-0.2, 0) is 6.42 Å². The van der Waals surface area contributed by atoms with E-state index in [4.69, 9.17) is 0 Å². The molecule has 0 aliphatic heterocycles. The van der Waals surface area contributed by atoms with Gasteiger partial charge >= 0.3 is 6.03 Å². The van der Waals surface area contributed by atoms with Crippen LogP contribution in [0.3, 0.4) is 0 Å². The topological polar surface area (TPSA) is 87.1 Å². The Balaban J connectivity index is 1.53. The molecule has 0 saturated heterocycles. The summed E-state index contributed by atoms with van der Waals surface area (Å²) >= 11 is 1.44. The number of aliphatic hydroxyl groups is 1. The summed E-state index contributed by atoms with van der Waals surface area (Å²) in [5, 5.41) is 25.0. The van der Waals surface area contributed by atoms with Gasteiger partial charge in [0.1, 0.15) is 5.01 Å². The fourth-order valence-corrected chi connectivity index (χ4v) is 4.69. The Hall–Kier alpha value is -1.21. The number of aromatic nitrogens is 2. The van der Waals surface area contributed by atoms with Gasteiger partial charge < -0.3 is 10.4 Å². The van der Waals surface area contributed by atoms with E-state index in [1.165, 1.54) is 17.8 Å². The molecule has 0 aromatic carbocycles. The molecule has 0 spiro atoms. The molecule has 22 heavy (non-hydrogen) atoms. The standard InChI is InChI=1S/C15H24N4O2S/c1-2-3-4-12-18-19-15(22-12)17-14(21)16-13-10-6-5-9(7-10)11(13)8-20/h9-11,13,20H,2-8H2,1H3,(H2,16,17,19,21). The number of aryl methyl sites for hydroxylation is 1. The Kier molecular flexibility index (Phi) is 4.93. The van der Waals surface area contributed by atoms with E-state index in [1.807, 2.05) is 0 Å². The number of carbonyl (C=O) groups is 1. The fraction of sp³-hybridized carbons (Fsp3) is 0.800. The molecule has 0 radical (unpaired) electrons. The van der Waals surface area contributed by atoms with E-state index in [2.05, 4.69) is 27.8 Å². The lowest BCUT2D eigenvalue weighted by atomic mass is 9.85. The highest BCUT2D eigenvalue weighted by Gasteiger charge is 2.47. The summed E-state index contributed by atoms with van der Waals surface area (Å²) in [6.45, 7) is 2.30. The Morgan fingerprint density at radius 1 is 1.36 bits per heavy atom. The molecule has 2 aliphatic carbocycles. The Labute approximate surface area is 134 Å². The Bertz CT molecular complexity index is 521. The van der Waals surface area contributed by atoms with Crippen molar-refractivity contribution in [3.8, 4) is 0 Å². The second-order valence-corrected chi connectivity index (χ2v) is 7.47. The van der Waals surface area contributed by atoms with Crippen molar-refractivity contribution >= 4 is 22.5 Å². The zero-order valence-corrected chi connectivity index (χ0v) is 13.7. The van der Waals surface area contributed by atoms with Gasteiger partial charge in [0.15, 0.2) is 0 Å². The molecular weight excluding hydrogens is 300 g/mol. The zero-order valence-electron chi connectivity index (χ0n) is 12.9. The van der Waals surface area contributed by atoms with Crippen molar-refractivity contribution in [1.29, 1.82) is 0 Å². The number of nitrogens with zero attached hydrogens (tertiary/aromatic N) is 2. The van der Waals surface area contributed by atoms with Crippen LogP contribution < -0.4 is 10.6 Å². The highest BCUT2D eigenvalue weighted by molar-refractivity contribution is 7.15. The van der Waals surface area contributed by atoms with E-state index in [-0.39, 0.29) is 24.6 Å². The van der Waals surface area contributed by atoms with Gasteiger partial charge in [-0.2, -0.15) is 0 Å². The summed E-state index contributed by atoms with van der Waals surface area (Å²) in [5.74, 6) is 1.30. The van der Waals surface area contributed by atoms with Gasteiger partial charge in [-0.1, -0.05) is 24.7 Å². The maximum atomic E-state index is 12.2. The molecule has 2 fully saturated rings. The van der Waals surface area contributed by atoms with E-state index < -0.39 is 0 Å². The first-order valence-electron chi connectivity index (χ1n) is 8.22. The smallest absolute Gasteiger partial charge is 0.321 e. The average Bonchev–Trinajstić information content (AvgIpc) is 3.21. The minimum absolute atomic E-state index is 0.0937. The van der Waals surface area contributed by atoms with Gasteiger partial charge in [0, 0.05) is 25.0 Å². The van der Waals surface area contributed by atoms with Gasteiger partial charge in [-0.25, -0.2) is 4.79 Å². The number of urea groups is 1.